The van der Waals surface area contributed by atoms with E-state index in [-0.39, 0.29) is 0 Å². The van der Waals surface area contributed by atoms with Crippen LogP contribution >= 0.6 is 11.6 Å². The van der Waals surface area contributed by atoms with Gasteiger partial charge in [0.15, 0.2) is 6.54 Å². The largest absolute Gasteiger partial charge is 0.377 e. The van der Waals surface area contributed by atoms with Crippen LogP contribution in [0, 0.1) is 0 Å². The van der Waals surface area contributed by atoms with E-state index in [1.807, 2.05) is 0 Å². The Labute approximate surface area is 177 Å². The first-order valence-corrected chi connectivity index (χ1v) is 10.4. The summed E-state index contributed by atoms with van der Waals surface area (Å²) in [5.74, 6) is 0.532. The van der Waals surface area contributed by atoms with E-state index >= 15 is 0 Å². The second kappa shape index (κ2) is 7.92. The number of halogens is 1. The van der Waals surface area contributed by atoms with Gasteiger partial charge in [0.05, 0.1) is 0 Å². The molecule has 29 heavy (non-hydrogen) atoms. The highest BCUT2D eigenvalue weighted by Gasteiger charge is 2.18. The van der Waals surface area contributed by atoms with Crippen LogP contribution in [-0.2, 0) is 12.4 Å². The Morgan fingerprint density at radius 1 is 0.690 bits per heavy atom. The normalized spacial score (nSPS) is 11.2. The van der Waals surface area contributed by atoms with Gasteiger partial charge in [-0.2, -0.15) is 4.57 Å². The third-order valence-electron chi connectivity index (χ3n) is 5.44. The topological polar surface area (TPSA) is 10.4 Å². The molecule has 0 aliphatic carbocycles. The maximum Gasteiger partial charge on any atom is 0.215 e. The minimum absolute atomic E-state index is 0.532. The lowest BCUT2D eigenvalue weighted by atomic mass is 10.1. The highest BCUT2D eigenvalue weighted by Crippen LogP contribution is 2.26. The second-order valence-electron chi connectivity index (χ2n) is 7.96. The van der Waals surface area contributed by atoms with Crippen molar-refractivity contribution in [2.75, 3.05) is 38.0 Å². The predicted molar refractivity (Wildman–Crippen MR) is 125 cm³/mol. The van der Waals surface area contributed by atoms with Gasteiger partial charge < -0.3 is 9.80 Å². The minimum atomic E-state index is 0.532. The number of hydrogen-bond donors (Lipinski definition) is 0. The number of fused-ring (bicyclic) bond motifs is 2. The molecule has 0 N–H and O–H groups in total. The van der Waals surface area contributed by atoms with Crippen molar-refractivity contribution in [3.8, 4) is 0 Å². The number of nitrogens with zero attached hydrogens (tertiary/aromatic N) is 3. The van der Waals surface area contributed by atoms with Gasteiger partial charge in [0.25, 0.3) is 0 Å². The number of aromatic nitrogens is 1. The summed E-state index contributed by atoms with van der Waals surface area (Å²) >= 11 is 6.09. The lowest BCUT2D eigenvalue weighted by molar-refractivity contribution is -0.635. The van der Waals surface area contributed by atoms with E-state index in [4.69, 9.17) is 11.6 Å². The summed E-state index contributed by atoms with van der Waals surface area (Å²) in [4.78, 5) is 4.30. The molecule has 1 heterocycles. The molecule has 0 unspecified atom stereocenters. The van der Waals surface area contributed by atoms with Gasteiger partial charge in [0.2, 0.25) is 11.0 Å². The molecule has 148 valence electrons. The Morgan fingerprint density at radius 2 is 1.24 bits per heavy atom. The number of benzene rings is 3. The van der Waals surface area contributed by atoms with Gasteiger partial charge in [-0.1, -0.05) is 18.2 Å². The van der Waals surface area contributed by atoms with Crippen molar-refractivity contribution in [1.29, 1.82) is 0 Å². The molecule has 0 amide bonds. The van der Waals surface area contributed by atoms with Crippen LogP contribution in [0.25, 0.3) is 21.8 Å². The number of hydrogen-bond acceptors (Lipinski definition) is 2. The van der Waals surface area contributed by atoms with Gasteiger partial charge in [-0.05, 0) is 42.0 Å². The molecule has 0 saturated heterocycles. The van der Waals surface area contributed by atoms with E-state index in [1.165, 1.54) is 38.7 Å². The summed E-state index contributed by atoms with van der Waals surface area (Å²) < 4.78 is 2.43. The molecule has 0 fully saturated rings. The Bertz CT molecular complexity index is 1120. The fourth-order valence-corrected chi connectivity index (χ4v) is 3.96. The summed E-state index contributed by atoms with van der Waals surface area (Å²) in [7, 11) is 8.34. The molecule has 0 radical (unpaired) electrons. The minimum Gasteiger partial charge on any atom is -0.377 e. The van der Waals surface area contributed by atoms with Crippen molar-refractivity contribution < 1.29 is 4.57 Å². The molecule has 0 aliphatic rings. The first-order valence-electron chi connectivity index (χ1n) is 9.85. The van der Waals surface area contributed by atoms with Crippen molar-refractivity contribution >= 4 is 44.8 Å². The third kappa shape index (κ3) is 3.88. The molecular weight excluding hydrogens is 378 g/mol. The highest BCUT2D eigenvalue weighted by atomic mass is 35.5. The van der Waals surface area contributed by atoms with Gasteiger partial charge in [-0.25, -0.2) is 0 Å². The zero-order chi connectivity index (χ0) is 20.5. The first kappa shape index (κ1) is 19.5. The quantitative estimate of drug-likeness (QED) is 0.257. The maximum atomic E-state index is 6.09. The molecule has 4 rings (SSSR count). The standard InChI is InChI=1S/C25H27ClN3/c1-27(2)22-10-8-20-13-21-9-11-23(28(3)4)15-25(21)29(24(20)14-22)17-19-7-5-6-18(12-19)16-26/h5-15H,16-17H2,1-4H3/q+1. The van der Waals surface area contributed by atoms with Crippen molar-refractivity contribution in [3.05, 3.63) is 77.9 Å². The fraction of sp³-hybridized carbons (Fsp3) is 0.240. The van der Waals surface area contributed by atoms with Crippen LogP contribution in [0.3, 0.4) is 0 Å². The molecule has 0 bridgehead atoms. The Hall–Kier alpha value is -2.78. The Kier molecular flexibility index (Phi) is 5.33. The zero-order valence-corrected chi connectivity index (χ0v) is 18.2. The molecule has 0 saturated carbocycles. The van der Waals surface area contributed by atoms with E-state index in [0.717, 1.165) is 12.1 Å². The number of rotatable bonds is 5. The fourth-order valence-electron chi connectivity index (χ4n) is 3.79. The number of anilines is 2. The van der Waals surface area contributed by atoms with Crippen LogP contribution < -0.4 is 14.4 Å². The summed E-state index contributed by atoms with van der Waals surface area (Å²) in [6.45, 7) is 0.798. The predicted octanol–water partition coefficient (Wildman–Crippen LogP) is 5.20. The van der Waals surface area contributed by atoms with Gasteiger partial charge in [-0.15, -0.1) is 11.6 Å². The molecule has 4 heteroatoms. The lowest BCUT2D eigenvalue weighted by Crippen LogP contribution is -2.36. The van der Waals surface area contributed by atoms with E-state index in [0.29, 0.717) is 5.88 Å². The van der Waals surface area contributed by atoms with Crippen molar-refractivity contribution in [1.82, 2.24) is 0 Å². The zero-order valence-electron chi connectivity index (χ0n) is 17.5. The smallest absolute Gasteiger partial charge is 0.215 e. The third-order valence-corrected chi connectivity index (χ3v) is 5.75. The van der Waals surface area contributed by atoms with Gasteiger partial charge >= 0.3 is 0 Å². The van der Waals surface area contributed by atoms with E-state index in [2.05, 4.69) is 109 Å². The highest BCUT2D eigenvalue weighted by molar-refractivity contribution is 6.17. The summed E-state index contributed by atoms with van der Waals surface area (Å²) in [6.07, 6.45) is 0. The van der Waals surface area contributed by atoms with Crippen molar-refractivity contribution in [2.45, 2.75) is 12.4 Å². The van der Waals surface area contributed by atoms with Crippen molar-refractivity contribution in [2.24, 2.45) is 0 Å². The number of pyridine rings is 1. The molecule has 4 aromatic rings. The summed E-state index contributed by atoms with van der Waals surface area (Å²) in [6, 6.07) is 24.2. The van der Waals surface area contributed by atoms with E-state index in [1.54, 1.807) is 0 Å². The summed E-state index contributed by atoms with van der Waals surface area (Å²) in [5, 5.41) is 2.49. The molecule has 0 spiro atoms. The van der Waals surface area contributed by atoms with E-state index < -0.39 is 0 Å². The lowest BCUT2D eigenvalue weighted by Gasteiger charge is -2.15. The van der Waals surface area contributed by atoms with E-state index in [9.17, 15) is 0 Å². The van der Waals surface area contributed by atoms with Gasteiger partial charge in [-0.3, -0.25) is 0 Å². The molecular formula is C25H27ClN3+. The van der Waals surface area contributed by atoms with Crippen LogP contribution in [0.1, 0.15) is 11.1 Å². The van der Waals surface area contributed by atoms with Crippen LogP contribution in [-0.4, -0.2) is 28.2 Å². The molecule has 3 aromatic carbocycles. The van der Waals surface area contributed by atoms with Crippen LogP contribution in [0.15, 0.2) is 66.7 Å². The van der Waals surface area contributed by atoms with Crippen molar-refractivity contribution in [3.63, 3.8) is 0 Å². The Balaban J connectivity index is 2.00. The monoisotopic (exact) mass is 404 g/mol. The molecule has 0 aliphatic heterocycles. The van der Waals surface area contributed by atoms with Crippen LogP contribution in [0.2, 0.25) is 0 Å². The van der Waals surface area contributed by atoms with Crippen LogP contribution in [0.4, 0.5) is 11.4 Å². The summed E-state index contributed by atoms with van der Waals surface area (Å²) in [5.41, 5.74) is 7.27. The number of alkyl halides is 1. The maximum absolute atomic E-state index is 6.09. The van der Waals surface area contributed by atoms with Crippen LogP contribution in [0.5, 0.6) is 0 Å². The first-order chi connectivity index (χ1) is 14.0. The second-order valence-corrected chi connectivity index (χ2v) is 8.23. The van der Waals surface area contributed by atoms with Gasteiger partial charge in [0, 0.05) is 73.9 Å². The molecule has 1 aromatic heterocycles. The SMILES string of the molecule is CN(C)c1ccc2cc3ccc(N(C)C)cc3[n+](Cc3cccc(CCl)c3)c2c1. The Morgan fingerprint density at radius 3 is 1.76 bits per heavy atom. The average molecular weight is 405 g/mol. The molecule has 0 atom stereocenters. The van der Waals surface area contributed by atoms with Gasteiger partial charge in [0.1, 0.15) is 0 Å². The molecule has 3 nitrogen and oxygen atoms in total. The average Bonchev–Trinajstić information content (AvgIpc) is 2.73.